The van der Waals surface area contributed by atoms with Gasteiger partial charge < -0.3 is 4.74 Å². The van der Waals surface area contributed by atoms with Gasteiger partial charge in [0.25, 0.3) is 6.43 Å². The summed E-state index contributed by atoms with van der Waals surface area (Å²) in [6.45, 7) is 8.59. The van der Waals surface area contributed by atoms with Crippen LogP contribution < -0.4 is 4.74 Å². The average molecular weight is 334 g/mol. The molecule has 5 heteroatoms. The molecule has 0 aliphatic rings. The lowest BCUT2D eigenvalue weighted by molar-refractivity contribution is 0.137. The van der Waals surface area contributed by atoms with Crippen LogP contribution in [0.25, 0.3) is 11.3 Å². The molecule has 0 aromatic carbocycles. The zero-order valence-corrected chi connectivity index (χ0v) is 14.6. The molecule has 0 radical (unpaired) electrons. The van der Waals surface area contributed by atoms with Crippen molar-refractivity contribution in [2.24, 2.45) is 11.8 Å². The van der Waals surface area contributed by atoms with E-state index in [2.05, 4.69) is 30.7 Å². The molecule has 0 amide bonds. The van der Waals surface area contributed by atoms with Gasteiger partial charge >= 0.3 is 0 Å². The van der Waals surface area contributed by atoms with E-state index in [9.17, 15) is 8.78 Å². The largest absolute Gasteiger partial charge is 0.491 e. The molecule has 0 N–H and O–H groups in total. The fourth-order valence-electron chi connectivity index (χ4n) is 2.71. The third-order valence-corrected chi connectivity index (χ3v) is 3.68. The Morgan fingerprint density at radius 3 is 2.50 bits per heavy atom. The van der Waals surface area contributed by atoms with Crippen LogP contribution in [0.5, 0.6) is 5.75 Å². The van der Waals surface area contributed by atoms with Crippen molar-refractivity contribution in [3.63, 3.8) is 0 Å². The first-order valence-electron chi connectivity index (χ1n) is 8.21. The average Bonchev–Trinajstić information content (AvgIpc) is 2.52. The highest BCUT2D eigenvalue weighted by Gasteiger charge is 2.18. The van der Waals surface area contributed by atoms with E-state index in [1.807, 2.05) is 13.0 Å². The molecule has 2 aromatic rings. The summed E-state index contributed by atoms with van der Waals surface area (Å²) in [5.41, 5.74) is 1.77. The second-order valence-electron chi connectivity index (χ2n) is 6.61. The summed E-state index contributed by atoms with van der Waals surface area (Å²) < 4.78 is 32.4. The van der Waals surface area contributed by atoms with E-state index in [1.165, 1.54) is 0 Å². The molecule has 24 heavy (non-hydrogen) atoms. The summed E-state index contributed by atoms with van der Waals surface area (Å²) in [6.07, 6.45) is -0.0404. The van der Waals surface area contributed by atoms with Gasteiger partial charge in [-0.3, -0.25) is 4.98 Å². The van der Waals surface area contributed by atoms with Crippen molar-refractivity contribution in [2.75, 3.05) is 6.61 Å². The molecule has 0 unspecified atom stereocenters. The predicted octanol–water partition coefficient (Wildman–Crippen LogP) is 5.45. The highest BCUT2D eigenvalue weighted by molar-refractivity contribution is 5.60. The fourth-order valence-corrected chi connectivity index (χ4v) is 2.71. The van der Waals surface area contributed by atoms with E-state index in [0.29, 0.717) is 24.1 Å². The number of hydrogen-bond donors (Lipinski definition) is 0. The predicted molar refractivity (Wildman–Crippen MR) is 91.3 cm³/mol. The number of nitrogens with zero attached hydrogens (tertiary/aromatic N) is 2. The van der Waals surface area contributed by atoms with Gasteiger partial charge in [0.2, 0.25) is 0 Å². The molecular formula is C19H24F2N2O. The fraction of sp³-hybridized carbons (Fsp3) is 0.474. The highest BCUT2D eigenvalue weighted by atomic mass is 19.3. The van der Waals surface area contributed by atoms with Gasteiger partial charge in [-0.05, 0) is 49.4 Å². The minimum atomic E-state index is -2.68. The van der Waals surface area contributed by atoms with Gasteiger partial charge in [-0.1, -0.05) is 20.8 Å². The molecule has 0 bridgehead atoms. The Labute approximate surface area is 142 Å². The van der Waals surface area contributed by atoms with Crippen LogP contribution in [0.2, 0.25) is 0 Å². The maximum atomic E-state index is 13.4. The van der Waals surface area contributed by atoms with Crippen LogP contribution >= 0.6 is 0 Å². The molecule has 0 saturated carbocycles. The summed E-state index contributed by atoms with van der Waals surface area (Å²) in [7, 11) is 0. The number of halogens is 2. The number of aryl methyl sites for hydroxylation is 1. The second-order valence-corrected chi connectivity index (χ2v) is 6.61. The zero-order valence-electron chi connectivity index (χ0n) is 14.6. The number of pyridine rings is 2. The summed E-state index contributed by atoms with van der Waals surface area (Å²) in [4.78, 5) is 8.23. The molecule has 2 rings (SSSR count). The lowest BCUT2D eigenvalue weighted by atomic mass is 10.00. The molecule has 2 heterocycles. The Morgan fingerprint density at radius 2 is 1.88 bits per heavy atom. The van der Waals surface area contributed by atoms with Crippen molar-refractivity contribution in [2.45, 2.75) is 40.5 Å². The smallest absolute Gasteiger partial charge is 0.284 e. The molecule has 0 spiro atoms. The van der Waals surface area contributed by atoms with Gasteiger partial charge in [-0.25, -0.2) is 13.8 Å². The SMILES string of the molecule is Cc1cc(-c2ccc(OC[C@@H](C)CC(C)C)c(C(F)F)n2)ccn1. The molecule has 0 aliphatic carbocycles. The Balaban J connectivity index is 2.21. The molecular weight excluding hydrogens is 310 g/mol. The van der Waals surface area contributed by atoms with Crippen molar-refractivity contribution >= 4 is 0 Å². The Kier molecular flexibility index (Phi) is 6.23. The highest BCUT2D eigenvalue weighted by Crippen LogP contribution is 2.31. The standard InChI is InChI=1S/C19H24F2N2O/c1-12(2)9-13(3)11-24-17-6-5-16(23-18(17)19(20)21)15-7-8-22-14(4)10-15/h5-8,10,12-13,19H,9,11H2,1-4H3/t13-/m0/s1. The molecule has 130 valence electrons. The van der Waals surface area contributed by atoms with Crippen LogP contribution in [-0.2, 0) is 0 Å². The zero-order chi connectivity index (χ0) is 17.7. The van der Waals surface area contributed by atoms with Crippen LogP contribution in [0.15, 0.2) is 30.5 Å². The van der Waals surface area contributed by atoms with Gasteiger partial charge in [-0.2, -0.15) is 0 Å². The molecule has 3 nitrogen and oxygen atoms in total. The van der Waals surface area contributed by atoms with Crippen molar-refractivity contribution < 1.29 is 13.5 Å². The van der Waals surface area contributed by atoms with E-state index in [4.69, 9.17) is 4.74 Å². The van der Waals surface area contributed by atoms with Crippen molar-refractivity contribution in [3.8, 4) is 17.0 Å². The topological polar surface area (TPSA) is 35.0 Å². The van der Waals surface area contributed by atoms with Gasteiger partial charge in [-0.15, -0.1) is 0 Å². The Bertz CT molecular complexity index is 674. The number of alkyl halides is 2. The minimum absolute atomic E-state index is 0.162. The monoisotopic (exact) mass is 334 g/mol. The first kappa shape index (κ1) is 18.3. The van der Waals surface area contributed by atoms with E-state index >= 15 is 0 Å². The van der Waals surface area contributed by atoms with Crippen molar-refractivity contribution in [1.82, 2.24) is 9.97 Å². The molecule has 0 aliphatic heterocycles. The lowest BCUT2D eigenvalue weighted by Crippen LogP contribution is -2.12. The maximum Gasteiger partial charge on any atom is 0.284 e. The quantitative estimate of drug-likeness (QED) is 0.675. The van der Waals surface area contributed by atoms with E-state index in [0.717, 1.165) is 17.7 Å². The summed E-state index contributed by atoms with van der Waals surface area (Å²) in [5, 5.41) is 0. The van der Waals surface area contributed by atoms with Crippen LogP contribution in [-0.4, -0.2) is 16.6 Å². The Morgan fingerprint density at radius 1 is 1.12 bits per heavy atom. The molecule has 1 atom stereocenters. The molecule has 0 saturated heterocycles. The van der Waals surface area contributed by atoms with Crippen LogP contribution in [0.3, 0.4) is 0 Å². The van der Waals surface area contributed by atoms with Gasteiger partial charge in [0.05, 0.1) is 12.3 Å². The first-order chi connectivity index (χ1) is 11.4. The van der Waals surface area contributed by atoms with Crippen molar-refractivity contribution in [1.29, 1.82) is 0 Å². The van der Waals surface area contributed by atoms with E-state index in [1.54, 1.807) is 24.4 Å². The maximum absolute atomic E-state index is 13.4. The normalized spacial score (nSPS) is 12.7. The van der Waals surface area contributed by atoms with Crippen LogP contribution in [0.1, 0.15) is 45.0 Å². The van der Waals surface area contributed by atoms with Gasteiger partial charge in [0.15, 0.2) is 0 Å². The van der Waals surface area contributed by atoms with Crippen LogP contribution in [0.4, 0.5) is 8.78 Å². The molecule has 0 fully saturated rings. The van der Waals surface area contributed by atoms with E-state index < -0.39 is 6.43 Å². The number of aromatic nitrogens is 2. The van der Waals surface area contributed by atoms with Gasteiger partial charge in [0.1, 0.15) is 11.4 Å². The van der Waals surface area contributed by atoms with Crippen LogP contribution in [0, 0.1) is 18.8 Å². The van der Waals surface area contributed by atoms with Crippen molar-refractivity contribution in [3.05, 3.63) is 41.9 Å². The number of hydrogen-bond acceptors (Lipinski definition) is 3. The summed E-state index contributed by atoms with van der Waals surface area (Å²) in [5.74, 6) is 1.02. The number of ether oxygens (including phenoxy) is 1. The third-order valence-electron chi connectivity index (χ3n) is 3.68. The second kappa shape index (κ2) is 8.18. The summed E-state index contributed by atoms with van der Waals surface area (Å²) in [6, 6.07) is 6.88. The van der Waals surface area contributed by atoms with E-state index in [-0.39, 0.29) is 11.4 Å². The van der Waals surface area contributed by atoms with Gasteiger partial charge in [0, 0.05) is 17.5 Å². The molecule has 2 aromatic heterocycles. The summed E-state index contributed by atoms with van der Waals surface area (Å²) >= 11 is 0. The third kappa shape index (κ3) is 4.98. The lowest BCUT2D eigenvalue weighted by Gasteiger charge is -2.17. The first-order valence-corrected chi connectivity index (χ1v) is 8.21. The minimum Gasteiger partial charge on any atom is -0.491 e. The number of rotatable bonds is 7. The Hall–Kier alpha value is -2.04.